The maximum absolute atomic E-state index is 11.0. The summed E-state index contributed by atoms with van der Waals surface area (Å²) in [5.41, 5.74) is 6.09. The highest BCUT2D eigenvalue weighted by Gasteiger charge is 2.14. The van der Waals surface area contributed by atoms with Crippen LogP contribution in [0, 0.1) is 0 Å². The summed E-state index contributed by atoms with van der Waals surface area (Å²) in [7, 11) is 1.53. The lowest BCUT2D eigenvalue weighted by molar-refractivity contribution is -0.138. The average Bonchev–Trinajstić information content (AvgIpc) is 2.38. The average molecular weight is 285 g/mol. The standard InChI is InChI=1S/C13H17ClN2O3/c1-19-12-5-4-9(7-10(12)14)8-16-11(13(17)18)3-2-6-15/h4-5,7-8,11H,2-3,6,15H2,1H3,(H,17,18). The second kappa shape index (κ2) is 7.76. The van der Waals surface area contributed by atoms with Gasteiger partial charge in [0.15, 0.2) is 0 Å². The van der Waals surface area contributed by atoms with Gasteiger partial charge in [0.2, 0.25) is 0 Å². The maximum atomic E-state index is 11.0. The number of carbonyl (C=O) groups is 1. The first-order chi connectivity index (χ1) is 9.08. The van der Waals surface area contributed by atoms with Gasteiger partial charge in [-0.05, 0) is 43.1 Å². The molecular weight excluding hydrogens is 268 g/mol. The molecular formula is C13H17ClN2O3. The van der Waals surface area contributed by atoms with Gasteiger partial charge >= 0.3 is 5.97 Å². The van der Waals surface area contributed by atoms with Crippen LogP contribution in [0.3, 0.4) is 0 Å². The molecule has 1 atom stereocenters. The predicted molar refractivity (Wildman–Crippen MR) is 75.3 cm³/mol. The van der Waals surface area contributed by atoms with Crippen LogP contribution in [-0.4, -0.2) is 37.0 Å². The van der Waals surface area contributed by atoms with Crippen molar-refractivity contribution in [3.63, 3.8) is 0 Å². The summed E-state index contributed by atoms with van der Waals surface area (Å²) in [6.07, 6.45) is 2.55. The van der Waals surface area contributed by atoms with Crippen LogP contribution in [0.5, 0.6) is 5.75 Å². The molecule has 0 amide bonds. The van der Waals surface area contributed by atoms with Gasteiger partial charge in [-0.15, -0.1) is 0 Å². The molecule has 1 aromatic carbocycles. The van der Waals surface area contributed by atoms with Gasteiger partial charge in [-0.2, -0.15) is 0 Å². The minimum atomic E-state index is -0.954. The van der Waals surface area contributed by atoms with Crippen LogP contribution >= 0.6 is 11.6 Å². The molecule has 19 heavy (non-hydrogen) atoms. The number of aliphatic carboxylic acids is 1. The summed E-state index contributed by atoms with van der Waals surface area (Å²) in [5, 5.41) is 9.47. The molecule has 1 unspecified atom stereocenters. The van der Waals surface area contributed by atoms with Gasteiger partial charge in [-0.3, -0.25) is 4.99 Å². The summed E-state index contributed by atoms with van der Waals surface area (Å²) in [4.78, 5) is 15.0. The third-order valence-corrected chi connectivity index (χ3v) is 2.84. The van der Waals surface area contributed by atoms with Crippen LogP contribution in [0.25, 0.3) is 0 Å². The Kier molecular flexibility index (Phi) is 6.32. The van der Waals surface area contributed by atoms with Crippen molar-refractivity contribution < 1.29 is 14.6 Å². The topological polar surface area (TPSA) is 84.9 Å². The number of ether oxygens (including phenoxy) is 1. The molecule has 0 fully saturated rings. The van der Waals surface area contributed by atoms with E-state index >= 15 is 0 Å². The molecule has 1 aromatic rings. The van der Waals surface area contributed by atoms with Crippen LogP contribution in [-0.2, 0) is 4.79 Å². The molecule has 0 bridgehead atoms. The Morgan fingerprint density at radius 2 is 2.37 bits per heavy atom. The highest BCUT2D eigenvalue weighted by Crippen LogP contribution is 2.24. The Morgan fingerprint density at radius 3 is 2.89 bits per heavy atom. The van der Waals surface area contributed by atoms with E-state index in [0.29, 0.717) is 30.2 Å². The number of hydrogen-bond donors (Lipinski definition) is 2. The zero-order chi connectivity index (χ0) is 14.3. The summed E-state index contributed by atoms with van der Waals surface area (Å²) >= 11 is 5.97. The fourth-order valence-electron chi connectivity index (χ4n) is 1.51. The molecule has 0 heterocycles. The molecule has 5 nitrogen and oxygen atoms in total. The van der Waals surface area contributed by atoms with Crippen molar-refractivity contribution in [2.75, 3.05) is 13.7 Å². The van der Waals surface area contributed by atoms with E-state index in [1.807, 2.05) is 0 Å². The van der Waals surface area contributed by atoms with Crippen LogP contribution in [0.4, 0.5) is 0 Å². The Balaban J connectivity index is 2.78. The van der Waals surface area contributed by atoms with Gasteiger partial charge in [-0.1, -0.05) is 11.6 Å². The van der Waals surface area contributed by atoms with Gasteiger partial charge < -0.3 is 15.6 Å². The molecule has 0 radical (unpaired) electrons. The van der Waals surface area contributed by atoms with Crippen LogP contribution < -0.4 is 10.5 Å². The van der Waals surface area contributed by atoms with Crippen molar-refractivity contribution in [1.82, 2.24) is 0 Å². The van der Waals surface area contributed by atoms with Crippen molar-refractivity contribution >= 4 is 23.8 Å². The first-order valence-corrected chi connectivity index (χ1v) is 6.26. The van der Waals surface area contributed by atoms with Crippen molar-refractivity contribution in [3.8, 4) is 5.75 Å². The van der Waals surface area contributed by atoms with E-state index in [1.54, 1.807) is 18.2 Å². The lowest BCUT2D eigenvalue weighted by atomic mass is 10.1. The van der Waals surface area contributed by atoms with Gasteiger partial charge in [-0.25, -0.2) is 4.79 Å². The lowest BCUT2D eigenvalue weighted by Gasteiger charge is -2.06. The first-order valence-electron chi connectivity index (χ1n) is 5.88. The van der Waals surface area contributed by atoms with Gasteiger partial charge in [0, 0.05) is 6.21 Å². The molecule has 0 aliphatic carbocycles. The van der Waals surface area contributed by atoms with Gasteiger partial charge in [0.1, 0.15) is 11.8 Å². The quantitative estimate of drug-likeness (QED) is 0.750. The molecule has 0 saturated heterocycles. The smallest absolute Gasteiger partial charge is 0.328 e. The molecule has 104 valence electrons. The first kappa shape index (κ1) is 15.5. The molecule has 0 aromatic heterocycles. The summed E-state index contributed by atoms with van der Waals surface area (Å²) < 4.78 is 5.03. The van der Waals surface area contributed by atoms with Crippen molar-refractivity contribution in [2.24, 2.45) is 10.7 Å². The number of nitrogens with two attached hydrogens (primary N) is 1. The largest absolute Gasteiger partial charge is 0.495 e. The zero-order valence-electron chi connectivity index (χ0n) is 10.7. The Labute approximate surface area is 117 Å². The van der Waals surface area contributed by atoms with E-state index in [4.69, 9.17) is 27.2 Å². The number of methoxy groups -OCH3 is 1. The Bertz CT molecular complexity index is 463. The van der Waals surface area contributed by atoms with E-state index in [9.17, 15) is 4.79 Å². The third-order valence-electron chi connectivity index (χ3n) is 2.55. The van der Waals surface area contributed by atoms with Gasteiger partial charge in [0.25, 0.3) is 0 Å². The molecule has 1 rings (SSSR count). The van der Waals surface area contributed by atoms with E-state index in [2.05, 4.69) is 4.99 Å². The predicted octanol–water partition coefficient (Wildman–Crippen LogP) is 1.96. The van der Waals surface area contributed by atoms with Crippen molar-refractivity contribution in [2.45, 2.75) is 18.9 Å². The summed E-state index contributed by atoms with van der Waals surface area (Å²) in [6.45, 7) is 0.452. The molecule has 0 saturated carbocycles. The summed E-state index contributed by atoms with van der Waals surface area (Å²) in [5.74, 6) is -0.388. The van der Waals surface area contributed by atoms with E-state index < -0.39 is 12.0 Å². The maximum Gasteiger partial charge on any atom is 0.328 e. The molecule has 6 heteroatoms. The number of benzene rings is 1. The number of aliphatic imine (C=N–C) groups is 1. The zero-order valence-corrected chi connectivity index (χ0v) is 11.4. The second-order valence-corrected chi connectivity index (χ2v) is 4.36. The van der Waals surface area contributed by atoms with E-state index in [1.165, 1.54) is 13.3 Å². The fourth-order valence-corrected chi connectivity index (χ4v) is 1.78. The number of hydrogen-bond acceptors (Lipinski definition) is 4. The van der Waals surface area contributed by atoms with Crippen LogP contribution in [0.1, 0.15) is 18.4 Å². The minimum absolute atomic E-state index is 0.423. The van der Waals surface area contributed by atoms with Crippen LogP contribution in [0.2, 0.25) is 5.02 Å². The highest BCUT2D eigenvalue weighted by molar-refractivity contribution is 6.32. The number of carboxylic acid groups (broad SMARTS) is 1. The normalized spacial score (nSPS) is 12.6. The third kappa shape index (κ3) is 4.89. The van der Waals surface area contributed by atoms with Crippen LogP contribution in [0.15, 0.2) is 23.2 Å². The SMILES string of the molecule is COc1ccc(C=NC(CCCN)C(=O)O)cc1Cl. The number of rotatable bonds is 7. The number of nitrogens with zero attached hydrogens (tertiary/aromatic N) is 1. The van der Waals surface area contributed by atoms with Crippen molar-refractivity contribution in [1.29, 1.82) is 0 Å². The Morgan fingerprint density at radius 1 is 1.63 bits per heavy atom. The molecule has 0 aliphatic rings. The molecule has 3 N–H and O–H groups in total. The van der Waals surface area contributed by atoms with Crippen molar-refractivity contribution in [3.05, 3.63) is 28.8 Å². The fraction of sp³-hybridized carbons (Fsp3) is 0.385. The number of carboxylic acids is 1. The monoisotopic (exact) mass is 284 g/mol. The summed E-state index contributed by atoms with van der Waals surface area (Å²) in [6, 6.07) is 4.37. The Hall–Kier alpha value is -1.59. The molecule has 0 aliphatic heterocycles. The molecule has 0 spiro atoms. The second-order valence-electron chi connectivity index (χ2n) is 3.96. The highest BCUT2D eigenvalue weighted by atomic mass is 35.5. The number of halogens is 1. The van der Waals surface area contributed by atoms with E-state index in [-0.39, 0.29) is 0 Å². The minimum Gasteiger partial charge on any atom is -0.495 e. The van der Waals surface area contributed by atoms with Gasteiger partial charge in [0.05, 0.1) is 12.1 Å². The van der Waals surface area contributed by atoms with E-state index in [0.717, 1.165) is 5.56 Å². The lowest BCUT2D eigenvalue weighted by Crippen LogP contribution is -2.19.